The van der Waals surface area contributed by atoms with Gasteiger partial charge in [-0.2, -0.15) is 0 Å². The van der Waals surface area contributed by atoms with E-state index in [1.54, 1.807) is 0 Å². The summed E-state index contributed by atoms with van der Waals surface area (Å²) in [6.07, 6.45) is 5.41. The van der Waals surface area contributed by atoms with Gasteiger partial charge in [-0.1, -0.05) is 30.3 Å². The SMILES string of the molecule is CC(CCc1ccccc1)NC(=O)c1coc(C2CCCN2)n1. The van der Waals surface area contributed by atoms with Crippen LogP contribution < -0.4 is 10.6 Å². The Balaban J connectivity index is 1.50. The van der Waals surface area contributed by atoms with Gasteiger partial charge in [0.05, 0.1) is 6.04 Å². The van der Waals surface area contributed by atoms with Crippen molar-refractivity contribution in [3.05, 3.63) is 53.7 Å². The molecule has 1 aromatic heterocycles. The molecular weight excluding hydrogens is 290 g/mol. The predicted octanol–water partition coefficient (Wildman–Crippen LogP) is 2.85. The molecule has 1 saturated heterocycles. The van der Waals surface area contributed by atoms with Crippen LogP contribution in [0.1, 0.15) is 54.2 Å². The van der Waals surface area contributed by atoms with Crippen LogP contribution in [0.3, 0.4) is 0 Å². The van der Waals surface area contributed by atoms with E-state index < -0.39 is 0 Å². The van der Waals surface area contributed by atoms with E-state index in [1.165, 1.54) is 11.8 Å². The first kappa shape index (κ1) is 15.7. The van der Waals surface area contributed by atoms with Gasteiger partial charge in [0.15, 0.2) is 5.69 Å². The van der Waals surface area contributed by atoms with Crippen LogP contribution in [0.15, 0.2) is 41.0 Å². The summed E-state index contributed by atoms with van der Waals surface area (Å²) in [5.74, 6) is 0.447. The van der Waals surface area contributed by atoms with E-state index in [0.717, 1.165) is 32.2 Å². The van der Waals surface area contributed by atoms with Crippen LogP contribution in [-0.2, 0) is 6.42 Å². The van der Waals surface area contributed by atoms with Gasteiger partial charge in [-0.15, -0.1) is 0 Å². The number of hydrogen-bond donors (Lipinski definition) is 2. The molecule has 2 N–H and O–H groups in total. The van der Waals surface area contributed by atoms with Gasteiger partial charge in [-0.05, 0) is 44.7 Å². The van der Waals surface area contributed by atoms with Gasteiger partial charge >= 0.3 is 0 Å². The Bertz CT molecular complexity index is 633. The first-order valence-corrected chi connectivity index (χ1v) is 8.26. The molecule has 1 aromatic carbocycles. The van der Waals surface area contributed by atoms with Gasteiger partial charge in [0.1, 0.15) is 6.26 Å². The number of amides is 1. The molecular formula is C18H23N3O2. The van der Waals surface area contributed by atoms with Crippen LogP contribution in [-0.4, -0.2) is 23.5 Å². The molecule has 3 rings (SSSR count). The number of oxazole rings is 1. The number of nitrogens with one attached hydrogen (secondary N) is 2. The molecule has 2 aromatic rings. The Morgan fingerprint density at radius 2 is 2.26 bits per heavy atom. The largest absolute Gasteiger partial charge is 0.446 e. The molecule has 0 radical (unpaired) electrons. The molecule has 122 valence electrons. The molecule has 1 aliphatic heterocycles. The fourth-order valence-corrected chi connectivity index (χ4v) is 2.85. The zero-order chi connectivity index (χ0) is 16.1. The third-order valence-corrected chi connectivity index (χ3v) is 4.20. The van der Waals surface area contributed by atoms with E-state index in [1.807, 2.05) is 25.1 Å². The third kappa shape index (κ3) is 4.20. The van der Waals surface area contributed by atoms with Crippen LogP contribution in [0.2, 0.25) is 0 Å². The van der Waals surface area contributed by atoms with Crippen LogP contribution in [0, 0.1) is 0 Å². The summed E-state index contributed by atoms with van der Waals surface area (Å²) in [6, 6.07) is 10.5. The highest BCUT2D eigenvalue weighted by Crippen LogP contribution is 2.22. The molecule has 0 bridgehead atoms. The Morgan fingerprint density at radius 1 is 1.43 bits per heavy atom. The van der Waals surface area contributed by atoms with Crippen molar-refractivity contribution in [2.45, 2.75) is 44.7 Å². The second-order valence-electron chi connectivity index (χ2n) is 6.12. The van der Waals surface area contributed by atoms with E-state index in [2.05, 4.69) is 27.8 Å². The molecule has 1 fully saturated rings. The zero-order valence-electron chi connectivity index (χ0n) is 13.4. The maximum atomic E-state index is 12.2. The Hall–Kier alpha value is -2.14. The molecule has 2 atom stereocenters. The molecule has 0 aliphatic carbocycles. The van der Waals surface area contributed by atoms with Crippen molar-refractivity contribution in [2.24, 2.45) is 0 Å². The third-order valence-electron chi connectivity index (χ3n) is 4.20. The first-order valence-electron chi connectivity index (χ1n) is 8.26. The summed E-state index contributed by atoms with van der Waals surface area (Å²) in [6.45, 7) is 2.99. The smallest absolute Gasteiger partial charge is 0.273 e. The minimum atomic E-state index is -0.168. The van der Waals surface area contributed by atoms with Crippen molar-refractivity contribution in [1.82, 2.24) is 15.6 Å². The van der Waals surface area contributed by atoms with Crippen LogP contribution in [0.4, 0.5) is 0 Å². The number of aromatic nitrogens is 1. The van der Waals surface area contributed by atoms with Gasteiger partial charge in [0, 0.05) is 6.04 Å². The van der Waals surface area contributed by atoms with E-state index in [-0.39, 0.29) is 18.0 Å². The van der Waals surface area contributed by atoms with E-state index in [9.17, 15) is 4.79 Å². The summed E-state index contributed by atoms with van der Waals surface area (Å²) >= 11 is 0. The molecule has 2 heterocycles. The normalized spacial score (nSPS) is 18.7. The summed E-state index contributed by atoms with van der Waals surface area (Å²) < 4.78 is 5.45. The van der Waals surface area contributed by atoms with Gasteiger partial charge in [-0.25, -0.2) is 4.98 Å². The summed E-state index contributed by atoms with van der Waals surface area (Å²) in [5, 5.41) is 6.30. The molecule has 5 heteroatoms. The minimum absolute atomic E-state index is 0.0902. The second kappa shape index (κ2) is 7.42. The summed E-state index contributed by atoms with van der Waals surface area (Å²) in [7, 11) is 0. The topological polar surface area (TPSA) is 67.2 Å². The maximum absolute atomic E-state index is 12.2. The van der Waals surface area contributed by atoms with Crippen molar-refractivity contribution in [3.63, 3.8) is 0 Å². The van der Waals surface area contributed by atoms with Gasteiger partial charge in [0.25, 0.3) is 5.91 Å². The standard InChI is InChI=1S/C18H23N3O2/c1-13(9-10-14-6-3-2-4-7-14)20-17(22)16-12-23-18(21-16)15-8-5-11-19-15/h2-4,6-7,12-13,15,19H,5,8-11H2,1H3,(H,20,22). The lowest BCUT2D eigenvalue weighted by atomic mass is 10.1. The summed E-state index contributed by atoms with van der Waals surface area (Å²) in [4.78, 5) is 16.6. The second-order valence-corrected chi connectivity index (χ2v) is 6.12. The first-order chi connectivity index (χ1) is 11.2. The van der Waals surface area contributed by atoms with Crippen LogP contribution in [0.25, 0.3) is 0 Å². The van der Waals surface area contributed by atoms with E-state index in [0.29, 0.717) is 11.6 Å². The predicted molar refractivity (Wildman–Crippen MR) is 88.2 cm³/mol. The molecule has 1 aliphatic rings. The monoisotopic (exact) mass is 313 g/mol. The molecule has 0 spiro atoms. The van der Waals surface area contributed by atoms with Crippen LogP contribution >= 0.6 is 0 Å². The lowest BCUT2D eigenvalue weighted by molar-refractivity contribution is 0.0933. The number of aryl methyl sites for hydroxylation is 1. The number of carbonyl (C=O) groups excluding carboxylic acids is 1. The fraction of sp³-hybridized carbons (Fsp3) is 0.444. The highest BCUT2D eigenvalue weighted by molar-refractivity contribution is 5.92. The average molecular weight is 313 g/mol. The fourth-order valence-electron chi connectivity index (χ4n) is 2.85. The Labute approximate surface area is 136 Å². The van der Waals surface area contributed by atoms with Gasteiger partial charge < -0.3 is 15.1 Å². The van der Waals surface area contributed by atoms with E-state index in [4.69, 9.17) is 4.42 Å². The van der Waals surface area contributed by atoms with Gasteiger partial charge in [0.2, 0.25) is 5.89 Å². The molecule has 1 amide bonds. The molecule has 0 saturated carbocycles. The Morgan fingerprint density at radius 3 is 3.00 bits per heavy atom. The number of hydrogen-bond acceptors (Lipinski definition) is 4. The highest BCUT2D eigenvalue weighted by Gasteiger charge is 2.23. The molecule has 23 heavy (non-hydrogen) atoms. The van der Waals surface area contributed by atoms with E-state index >= 15 is 0 Å². The summed E-state index contributed by atoms with van der Waals surface area (Å²) in [5.41, 5.74) is 1.64. The molecule has 5 nitrogen and oxygen atoms in total. The quantitative estimate of drug-likeness (QED) is 0.860. The zero-order valence-corrected chi connectivity index (χ0v) is 13.4. The molecule has 2 unspecified atom stereocenters. The van der Waals surface area contributed by atoms with Crippen molar-refractivity contribution in [1.29, 1.82) is 0 Å². The average Bonchev–Trinajstić information content (AvgIpc) is 3.24. The van der Waals surface area contributed by atoms with Crippen molar-refractivity contribution in [2.75, 3.05) is 6.54 Å². The number of nitrogens with zero attached hydrogens (tertiary/aromatic N) is 1. The van der Waals surface area contributed by atoms with Crippen molar-refractivity contribution in [3.8, 4) is 0 Å². The van der Waals surface area contributed by atoms with Gasteiger partial charge in [-0.3, -0.25) is 4.79 Å². The van der Waals surface area contributed by atoms with Crippen molar-refractivity contribution < 1.29 is 9.21 Å². The number of benzene rings is 1. The highest BCUT2D eigenvalue weighted by atomic mass is 16.3. The van der Waals surface area contributed by atoms with Crippen LogP contribution in [0.5, 0.6) is 0 Å². The number of carbonyl (C=O) groups is 1. The number of rotatable bonds is 6. The Kier molecular flexibility index (Phi) is 5.08. The lowest BCUT2D eigenvalue weighted by Crippen LogP contribution is -2.33. The maximum Gasteiger partial charge on any atom is 0.273 e. The lowest BCUT2D eigenvalue weighted by Gasteiger charge is -2.12. The minimum Gasteiger partial charge on any atom is -0.446 e. The van der Waals surface area contributed by atoms with Crippen molar-refractivity contribution >= 4 is 5.91 Å².